The number of fused-ring (bicyclic) bond motifs is 1. The number of nitrogens with zero attached hydrogens (tertiary/aromatic N) is 1. The Bertz CT molecular complexity index is 994. The van der Waals surface area contributed by atoms with E-state index in [-0.39, 0.29) is 17.7 Å². The van der Waals surface area contributed by atoms with E-state index in [0.29, 0.717) is 44.0 Å². The fourth-order valence-corrected chi connectivity index (χ4v) is 5.57. The fraction of sp³-hybridized carbons (Fsp3) is 0.450. The highest BCUT2D eigenvalue weighted by molar-refractivity contribution is 7.89. The van der Waals surface area contributed by atoms with Crippen molar-refractivity contribution in [3.8, 4) is 21.9 Å². The van der Waals surface area contributed by atoms with E-state index in [1.54, 1.807) is 6.92 Å². The minimum Gasteiger partial charge on any atom is -0.486 e. The molecule has 0 radical (unpaired) electrons. The van der Waals surface area contributed by atoms with Crippen molar-refractivity contribution in [2.24, 2.45) is 0 Å². The van der Waals surface area contributed by atoms with Gasteiger partial charge in [0.15, 0.2) is 11.5 Å². The average molecular weight is 437 g/mol. The largest absolute Gasteiger partial charge is 0.486 e. The standard InChI is InChI=1S/C20H24N2O5S2/c1-2-29(24,25)22-9-7-15(8-10-22)21-20(23)19-6-5-18(28-19)14-3-4-16-17(13-14)27-12-11-26-16/h3-6,13,15H,2,7-12H2,1H3,(H,21,23). The number of hydrogen-bond donors (Lipinski definition) is 1. The molecule has 3 heterocycles. The Kier molecular flexibility index (Phi) is 5.80. The molecule has 1 amide bonds. The lowest BCUT2D eigenvalue weighted by Crippen LogP contribution is -2.46. The summed E-state index contributed by atoms with van der Waals surface area (Å²) in [7, 11) is -3.16. The van der Waals surface area contributed by atoms with E-state index >= 15 is 0 Å². The summed E-state index contributed by atoms with van der Waals surface area (Å²) in [5.41, 5.74) is 0.983. The van der Waals surface area contributed by atoms with Crippen LogP contribution in [0.3, 0.4) is 0 Å². The second-order valence-electron chi connectivity index (χ2n) is 7.07. The van der Waals surface area contributed by atoms with Crippen molar-refractivity contribution in [1.82, 2.24) is 9.62 Å². The number of piperidine rings is 1. The number of carbonyl (C=O) groups is 1. The van der Waals surface area contributed by atoms with Gasteiger partial charge in [0.05, 0.1) is 10.6 Å². The molecule has 2 aliphatic rings. The number of benzene rings is 1. The third-order valence-corrected chi connectivity index (χ3v) is 8.22. The summed E-state index contributed by atoms with van der Waals surface area (Å²) in [6.07, 6.45) is 1.26. The summed E-state index contributed by atoms with van der Waals surface area (Å²) in [6, 6.07) is 9.54. The Morgan fingerprint density at radius 1 is 1.14 bits per heavy atom. The molecule has 1 aromatic carbocycles. The van der Waals surface area contributed by atoms with E-state index in [0.717, 1.165) is 21.9 Å². The number of sulfonamides is 1. The Balaban J connectivity index is 1.38. The molecule has 9 heteroatoms. The Morgan fingerprint density at radius 3 is 2.59 bits per heavy atom. The first-order chi connectivity index (χ1) is 14.0. The summed E-state index contributed by atoms with van der Waals surface area (Å²) >= 11 is 1.43. The predicted molar refractivity (Wildman–Crippen MR) is 112 cm³/mol. The highest BCUT2D eigenvalue weighted by Crippen LogP contribution is 2.37. The molecule has 1 saturated heterocycles. The van der Waals surface area contributed by atoms with Gasteiger partial charge in [-0.2, -0.15) is 0 Å². The number of hydrogen-bond acceptors (Lipinski definition) is 6. The van der Waals surface area contributed by atoms with Crippen LogP contribution in [0.5, 0.6) is 11.5 Å². The zero-order valence-corrected chi connectivity index (χ0v) is 17.9. The predicted octanol–water partition coefficient (Wildman–Crippen LogP) is 2.73. The lowest BCUT2D eigenvalue weighted by Gasteiger charge is -2.31. The monoisotopic (exact) mass is 436 g/mol. The van der Waals surface area contributed by atoms with Crippen LogP contribution in [0.15, 0.2) is 30.3 Å². The summed E-state index contributed by atoms with van der Waals surface area (Å²) < 4.78 is 36.6. The van der Waals surface area contributed by atoms with Crippen molar-refractivity contribution in [1.29, 1.82) is 0 Å². The molecule has 2 aliphatic heterocycles. The Labute approximate surface area is 174 Å². The second-order valence-corrected chi connectivity index (χ2v) is 10.4. The van der Waals surface area contributed by atoms with Gasteiger partial charge in [0.1, 0.15) is 13.2 Å². The van der Waals surface area contributed by atoms with Crippen molar-refractivity contribution in [3.05, 3.63) is 35.2 Å². The minimum atomic E-state index is -3.16. The smallest absolute Gasteiger partial charge is 0.261 e. The number of carbonyl (C=O) groups excluding carboxylic acids is 1. The maximum Gasteiger partial charge on any atom is 0.261 e. The third kappa shape index (κ3) is 4.41. The normalized spacial score (nSPS) is 17.8. The van der Waals surface area contributed by atoms with E-state index in [2.05, 4.69) is 5.32 Å². The molecule has 1 fully saturated rings. The lowest BCUT2D eigenvalue weighted by atomic mass is 10.1. The number of nitrogens with one attached hydrogen (secondary N) is 1. The van der Waals surface area contributed by atoms with Crippen LogP contribution in [-0.2, 0) is 10.0 Å². The van der Waals surface area contributed by atoms with Crippen molar-refractivity contribution < 1.29 is 22.7 Å². The van der Waals surface area contributed by atoms with E-state index in [1.807, 2.05) is 30.3 Å². The first-order valence-electron chi connectivity index (χ1n) is 9.75. The molecule has 7 nitrogen and oxygen atoms in total. The summed E-state index contributed by atoms with van der Waals surface area (Å²) in [6.45, 7) is 3.65. The summed E-state index contributed by atoms with van der Waals surface area (Å²) in [5, 5.41) is 3.05. The van der Waals surface area contributed by atoms with Crippen LogP contribution in [0, 0.1) is 0 Å². The lowest BCUT2D eigenvalue weighted by molar-refractivity contribution is 0.0928. The van der Waals surface area contributed by atoms with Gasteiger partial charge in [0.2, 0.25) is 10.0 Å². The zero-order valence-electron chi connectivity index (χ0n) is 16.2. The molecule has 0 aliphatic carbocycles. The maximum atomic E-state index is 12.6. The molecule has 29 heavy (non-hydrogen) atoms. The molecule has 2 aromatic rings. The van der Waals surface area contributed by atoms with Gasteiger partial charge in [0, 0.05) is 24.0 Å². The van der Waals surface area contributed by atoms with Crippen molar-refractivity contribution in [2.45, 2.75) is 25.8 Å². The van der Waals surface area contributed by atoms with Crippen molar-refractivity contribution >= 4 is 27.3 Å². The summed E-state index contributed by atoms with van der Waals surface area (Å²) in [4.78, 5) is 14.3. The van der Waals surface area contributed by atoms with Crippen LogP contribution >= 0.6 is 11.3 Å². The van der Waals surface area contributed by atoms with Gasteiger partial charge in [-0.25, -0.2) is 12.7 Å². The molecular formula is C20H24N2O5S2. The second kappa shape index (κ2) is 8.33. The van der Waals surface area contributed by atoms with Crippen LogP contribution in [0.4, 0.5) is 0 Å². The number of rotatable bonds is 5. The molecule has 156 valence electrons. The van der Waals surface area contributed by atoms with Crippen molar-refractivity contribution in [2.75, 3.05) is 32.1 Å². The molecule has 0 saturated carbocycles. The molecule has 0 unspecified atom stereocenters. The van der Waals surface area contributed by atoms with Crippen LogP contribution < -0.4 is 14.8 Å². The topological polar surface area (TPSA) is 84.9 Å². The minimum absolute atomic E-state index is 0.00866. The molecule has 4 rings (SSSR count). The molecule has 0 bridgehead atoms. The SMILES string of the molecule is CCS(=O)(=O)N1CCC(NC(=O)c2ccc(-c3ccc4c(c3)OCCO4)s2)CC1. The van der Waals surface area contributed by atoms with E-state index in [9.17, 15) is 13.2 Å². The highest BCUT2D eigenvalue weighted by Gasteiger charge is 2.27. The van der Waals surface area contributed by atoms with Crippen LogP contribution in [0.25, 0.3) is 10.4 Å². The zero-order chi connectivity index (χ0) is 20.4. The fourth-order valence-electron chi connectivity index (χ4n) is 3.53. The highest BCUT2D eigenvalue weighted by atomic mass is 32.2. The first-order valence-corrected chi connectivity index (χ1v) is 12.2. The summed E-state index contributed by atoms with van der Waals surface area (Å²) in [5.74, 6) is 1.46. The van der Waals surface area contributed by atoms with Gasteiger partial charge < -0.3 is 14.8 Å². The first kappa shape index (κ1) is 20.2. The van der Waals surface area contributed by atoms with Gasteiger partial charge in [-0.1, -0.05) is 0 Å². The third-order valence-electron chi connectivity index (χ3n) is 5.20. The Morgan fingerprint density at radius 2 is 1.86 bits per heavy atom. The van der Waals surface area contributed by atoms with E-state index in [4.69, 9.17) is 9.47 Å². The van der Waals surface area contributed by atoms with E-state index in [1.165, 1.54) is 15.6 Å². The molecule has 0 spiro atoms. The van der Waals surface area contributed by atoms with Crippen LogP contribution in [-0.4, -0.2) is 56.7 Å². The number of ether oxygens (including phenoxy) is 2. The number of amides is 1. The molecule has 0 atom stereocenters. The van der Waals surface area contributed by atoms with Gasteiger partial charge in [-0.15, -0.1) is 11.3 Å². The molecule has 1 aromatic heterocycles. The van der Waals surface area contributed by atoms with E-state index < -0.39 is 10.0 Å². The number of thiophene rings is 1. The van der Waals surface area contributed by atoms with Gasteiger partial charge in [-0.05, 0) is 55.7 Å². The quantitative estimate of drug-likeness (QED) is 0.779. The van der Waals surface area contributed by atoms with Crippen LogP contribution in [0.2, 0.25) is 0 Å². The average Bonchev–Trinajstić information content (AvgIpc) is 3.24. The van der Waals surface area contributed by atoms with Gasteiger partial charge >= 0.3 is 0 Å². The van der Waals surface area contributed by atoms with Crippen molar-refractivity contribution in [3.63, 3.8) is 0 Å². The van der Waals surface area contributed by atoms with Gasteiger partial charge in [0.25, 0.3) is 5.91 Å². The maximum absolute atomic E-state index is 12.6. The Hall–Kier alpha value is -2.10. The van der Waals surface area contributed by atoms with Crippen LogP contribution in [0.1, 0.15) is 29.4 Å². The van der Waals surface area contributed by atoms with Gasteiger partial charge in [-0.3, -0.25) is 4.79 Å². The molecular weight excluding hydrogens is 412 g/mol. The molecule has 1 N–H and O–H groups in total.